The summed E-state index contributed by atoms with van der Waals surface area (Å²) in [7, 11) is 1.29. The highest BCUT2D eigenvalue weighted by Crippen LogP contribution is 2.32. The summed E-state index contributed by atoms with van der Waals surface area (Å²) in [5, 5.41) is 2.17. The number of benzene rings is 1. The second-order valence-electron chi connectivity index (χ2n) is 2.77. The zero-order valence-corrected chi connectivity index (χ0v) is 9.81. The molecule has 0 fully saturated rings. The van der Waals surface area contributed by atoms with E-state index in [0.717, 1.165) is 6.07 Å². The zero-order chi connectivity index (χ0) is 11.6. The van der Waals surface area contributed by atoms with E-state index < -0.39 is 17.6 Å². The molecule has 1 rings (SSSR count). The van der Waals surface area contributed by atoms with Crippen LogP contribution < -0.4 is 5.32 Å². The fourth-order valence-corrected chi connectivity index (χ4v) is 1.57. The average Bonchev–Trinajstić information content (AvgIpc) is 2.15. The topological polar surface area (TPSA) is 29.1 Å². The number of amides is 1. The van der Waals surface area contributed by atoms with Crippen molar-refractivity contribution in [3.05, 3.63) is 32.9 Å². The third-order valence-corrected chi connectivity index (χ3v) is 2.43. The summed E-state index contributed by atoms with van der Waals surface area (Å²) in [4.78, 5) is 11.2. The third kappa shape index (κ3) is 2.83. The van der Waals surface area contributed by atoms with Crippen molar-refractivity contribution in [2.45, 2.75) is 6.18 Å². The summed E-state index contributed by atoms with van der Waals surface area (Å²) in [5.41, 5.74) is -1.26. The van der Waals surface area contributed by atoms with Crippen LogP contribution in [0.25, 0.3) is 0 Å². The standard InChI is InChI=1S/C9H7F3INO/c1-14-8(15)6-3-2-5(13)4-7(6)9(10,11)12/h2-4H,1H3,(H,14,15). The summed E-state index contributed by atoms with van der Waals surface area (Å²) < 4.78 is 38.1. The molecule has 0 spiro atoms. The largest absolute Gasteiger partial charge is 0.417 e. The van der Waals surface area contributed by atoms with Gasteiger partial charge in [-0.3, -0.25) is 4.79 Å². The lowest BCUT2D eigenvalue weighted by Crippen LogP contribution is -2.22. The van der Waals surface area contributed by atoms with Crippen LogP contribution in [0.15, 0.2) is 18.2 Å². The van der Waals surface area contributed by atoms with Crippen LogP contribution in [0.1, 0.15) is 15.9 Å². The molecule has 0 bridgehead atoms. The van der Waals surface area contributed by atoms with Gasteiger partial charge in [-0.25, -0.2) is 0 Å². The highest BCUT2D eigenvalue weighted by Gasteiger charge is 2.35. The Morgan fingerprint density at radius 1 is 1.40 bits per heavy atom. The van der Waals surface area contributed by atoms with Gasteiger partial charge in [-0.2, -0.15) is 13.2 Å². The van der Waals surface area contributed by atoms with E-state index in [1.54, 1.807) is 22.6 Å². The van der Waals surface area contributed by atoms with Crippen LogP contribution >= 0.6 is 22.6 Å². The lowest BCUT2D eigenvalue weighted by Gasteiger charge is -2.11. The Bertz CT molecular complexity index is 389. The second-order valence-corrected chi connectivity index (χ2v) is 4.01. The molecule has 1 aromatic rings. The molecular weight excluding hydrogens is 322 g/mol. The lowest BCUT2D eigenvalue weighted by molar-refractivity contribution is -0.138. The number of carbonyl (C=O) groups is 1. The van der Waals surface area contributed by atoms with Gasteiger partial charge in [-0.1, -0.05) is 0 Å². The maximum absolute atomic E-state index is 12.5. The highest BCUT2D eigenvalue weighted by atomic mass is 127. The van der Waals surface area contributed by atoms with E-state index in [-0.39, 0.29) is 5.56 Å². The number of hydrogen-bond acceptors (Lipinski definition) is 1. The van der Waals surface area contributed by atoms with Crippen LogP contribution in [-0.4, -0.2) is 13.0 Å². The van der Waals surface area contributed by atoms with Crippen molar-refractivity contribution in [3.63, 3.8) is 0 Å². The Kier molecular flexibility index (Phi) is 3.58. The Hall–Kier alpha value is -0.790. The first-order valence-corrected chi connectivity index (χ1v) is 5.03. The van der Waals surface area contributed by atoms with E-state index in [9.17, 15) is 18.0 Å². The first-order valence-electron chi connectivity index (χ1n) is 3.95. The number of hydrogen-bond donors (Lipinski definition) is 1. The van der Waals surface area contributed by atoms with E-state index in [0.29, 0.717) is 3.57 Å². The molecule has 6 heteroatoms. The fourth-order valence-electron chi connectivity index (χ4n) is 1.08. The molecule has 0 saturated carbocycles. The first-order chi connectivity index (χ1) is 6.86. The maximum Gasteiger partial charge on any atom is 0.417 e. The second kappa shape index (κ2) is 4.38. The monoisotopic (exact) mass is 329 g/mol. The van der Waals surface area contributed by atoms with Crippen molar-refractivity contribution < 1.29 is 18.0 Å². The highest BCUT2D eigenvalue weighted by molar-refractivity contribution is 14.1. The van der Waals surface area contributed by atoms with E-state index in [2.05, 4.69) is 5.32 Å². The molecule has 1 N–H and O–H groups in total. The Morgan fingerprint density at radius 3 is 2.47 bits per heavy atom. The number of carbonyl (C=O) groups excluding carboxylic acids is 1. The van der Waals surface area contributed by atoms with Gasteiger partial charge in [-0.05, 0) is 40.8 Å². The van der Waals surface area contributed by atoms with Gasteiger partial charge in [0.05, 0.1) is 11.1 Å². The van der Waals surface area contributed by atoms with Gasteiger partial charge in [0, 0.05) is 10.6 Å². The van der Waals surface area contributed by atoms with E-state index in [1.165, 1.54) is 19.2 Å². The van der Waals surface area contributed by atoms with Gasteiger partial charge in [0.2, 0.25) is 0 Å². The zero-order valence-electron chi connectivity index (χ0n) is 7.65. The van der Waals surface area contributed by atoms with Crippen molar-refractivity contribution in [2.24, 2.45) is 0 Å². The van der Waals surface area contributed by atoms with E-state index in [4.69, 9.17) is 0 Å². The van der Waals surface area contributed by atoms with Crippen LogP contribution in [0.3, 0.4) is 0 Å². The summed E-state index contributed by atoms with van der Waals surface area (Å²) >= 11 is 1.77. The minimum Gasteiger partial charge on any atom is -0.355 e. The van der Waals surface area contributed by atoms with E-state index in [1.807, 2.05) is 0 Å². The average molecular weight is 329 g/mol. The molecule has 1 aromatic carbocycles. The Morgan fingerprint density at radius 2 is 2.00 bits per heavy atom. The first kappa shape index (κ1) is 12.3. The minimum atomic E-state index is -4.51. The third-order valence-electron chi connectivity index (χ3n) is 1.76. The molecule has 0 aliphatic heterocycles. The molecule has 0 radical (unpaired) electrons. The van der Waals surface area contributed by atoms with E-state index >= 15 is 0 Å². The van der Waals surface area contributed by atoms with Crippen molar-refractivity contribution in [1.82, 2.24) is 5.32 Å². The molecule has 0 aromatic heterocycles. The van der Waals surface area contributed by atoms with Gasteiger partial charge < -0.3 is 5.32 Å². The van der Waals surface area contributed by atoms with Crippen molar-refractivity contribution in [1.29, 1.82) is 0 Å². The molecule has 0 aliphatic rings. The summed E-state index contributed by atoms with van der Waals surface area (Å²) in [5.74, 6) is -0.737. The van der Waals surface area contributed by atoms with Gasteiger partial charge in [0.15, 0.2) is 0 Å². The lowest BCUT2D eigenvalue weighted by atomic mass is 10.1. The van der Waals surface area contributed by atoms with Crippen molar-refractivity contribution in [3.8, 4) is 0 Å². The summed E-state index contributed by atoms with van der Waals surface area (Å²) in [6, 6.07) is 3.58. The molecule has 0 aliphatic carbocycles. The predicted octanol–water partition coefficient (Wildman–Crippen LogP) is 2.67. The number of rotatable bonds is 1. The predicted molar refractivity (Wildman–Crippen MR) is 57.6 cm³/mol. The number of alkyl halides is 3. The van der Waals surface area contributed by atoms with Crippen LogP contribution in [0, 0.1) is 3.57 Å². The molecule has 0 unspecified atom stereocenters. The quantitative estimate of drug-likeness (QED) is 0.789. The summed E-state index contributed by atoms with van der Waals surface area (Å²) in [6.07, 6.45) is -4.51. The van der Waals surface area contributed by atoms with Crippen LogP contribution in [0.5, 0.6) is 0 Å². The van der Waals surface area contributed by atoms with Crippen molar-refractivity contribution in [2.75, 3.05) is 7.05 Å². The smallest absolute Gasteiger partial charge is 0.355 e. The van der Waals surface area contributed by atoms with Crippen LogP contribution in [0.4, 0.5) is 13.2 Å². The fraction of sp³-hybridized carbons (Fsp3) is 0.222. The maximum atomic E-state index is 12.5. The molecule has 82 valence electrons. The van der Waals surface area contributed by atoms with Gasteiger partial charge in [0.1, 0.15) is 0 Å². The SMILES string of the molecule is CNC(=O)c1ccc(I)cc1C(F)(F)F. The molecule has 15 heavy (non-hydrogen) atoms. The summed E-state index contributed by atoms with van der Waals surface area (Å²) in [6.45, 7) is 0. The minimum absolute atomic E-state index is 0.356. The number of nitrogens with one attached hydrogen (secondary N) is 1. The molecule has 0 atom stereocenters. The van der Waals surface area contributed by atoms with Crippen LogP contribution in [0.2, 0.25) is 0 Å². The molecule has 2 nitrogen and oxygen atoms in total. The van der Waals surface area contributed by atoms with Gasteiger partial charge in [-0.15, -0.1) is 0 Å². The Labute approximate surface area is 98.0 Å². The van der Waals surface area contributed by atoms with Gasteiger partial charge >= 0.3 is 6.18 Å². The molecule has 0 heterocycles. The molecule has 1 amide bonds. The molecule has 0 saturated heterocycles. The normalized spacial score (nSPS) is 11.3. The molecular formula is C9H7F3INO. The number of halogens is 4. The van der Waals surface area contributed by atoms with Gasteiger partial charge in [0.25, 0.3) is 5.91 Å². The van der Waals surface area contributed by atoms with Crippen molar-refractivity contribution >= 4 is 28.5 Å². The Balaban J connectivity index is 3.33. The van der Waals surface area contributed by atoms with Crippen LogP contribution in [-0.2, 0) is 6.18 Å².